The Morgan fingerprint density at radius 1 is 1.14 bits per heavy atom. The van der Waals surface area contributed by atoms with Crippen LogP contribution in [0.2, 0.25) is 0 Å². The highest BCUT2D eigenvalue weighted by Crippen LogP contribution is 2.32. The van der Waals surface area contributed by atoms with Crippen LogP contribution in [0.5, 0.6) is 0 Å². The van der Waals surface area contributed by atoms with E-state index in [1.165, 1.54) is 18.5 Å². The van der Waals surface area contributed by atoms with Gasteiger partial charge in [-0.05, 0) is 64.6 Å². The summed E-state index contributed by atoms with van der Waals surface area (Å²) >= 11 is 2.16. The number of aromatic nitrogens is 3. The lowest BCUT2D eigenvalue weighted by Crippen LogP contribution is -2.36. The number of benzene rings is 2. The molecule has 1 fully saturated rings. The molecular weight excluding hydrogens is 564 g/mol. The number of anilines is 3. The number of nitrogen functional groups attached to an aromatic ring is 1. The summed E-state index contributed by atoms with van der Waals surface area (Å²) in [5, 5.41) is 9.66. The second-order valence-electron chi connectivity index (χ2n) is 8.13. The van der Waals surface area contributed by atoms with Crippen molar-refractivity contribution in [3.05, 3.63) is 69.9 Å². The fourth-order valence-corrected chi connectivity index (χ4v) is 4.63. The first kappa shape index (κ1) is 23.5. The van der Waals surface area contributed by atoms with Gasteiger partial charge in [0.2, 0.25) is 0 Å². The van der Waals surface area contributed by atoms with Gasteiger partial charge < -0.3 is 21.1 Å². The summed E-state index contributed by atoms with van der Waals surface area (Å²) in [7, 11) is 0. The van der Waals surface area contributed by atoms with Crippen LogP contribution in [0.4, 0.5) is 26.4 Å². The third kappa shape index (κ3) is 5.21. The monoisotopic (exact) mass is 587 g/mol. The number of amides is 2. The number of fused-ring (bicyclic) bond motifs is 1. The van der Waals surface area contributed by atoms with Crippen LogP contribution in [0.25, 0.3) is 16.6 Å². The highest BCUT2D eigenvalue weighted by Gasteiger charge is 2.19. The maximum absolute atomic E-state index is 15.0. The van der Waals surface area contributed by atoms with E-state index in [2.05, 4.69) is 48.2 Å². The summed E-state index contributed by atoms with van der Waals surface area (Å²) in [6.45, 7) is 3.67. The molecule has 0 aliphatic carbocycles. The van der Waals surface area contributed by atoms with Gasteiger partial charge in [0, 0.05) is 34.5 Å². The molecule has 35 heavy (non-hydrogen) atoms. The third-order valence-electron chi connectivity index (χ3n) is 5.76. The van der Waals surface area contributed by atoms with Gasteiger partial charge in [-0.3, -0.25) is 4.90 Å². The molecule has 4 N–H and O–H groups in total. The quantitative estimate of drug-likeness (QED) is 0.302. The van der Waals surface area contributed by atoms with Crippen molar-refractivity contribution in [1.82, 2.24) is 19.5 Å². The molecule has 3 heterocycles. The number of carbonyl (C=O) groups excluding carboxylic acids is 1. The summed E-state index contributed by atoms with van der Waals surface area (Å²) in [5.74, 6) is -0.257. The summed E-state index contributed by atoms with van der Waals surface area (Å²) in [6.07, 6.45) is 1.41. The molecule has 0 bridgehead atoms. The van der Waals surface area contributed by atoms with Crippen LogP contribution in [0.3, 0.4) is 0 Å². The average Bonchev–Trinajstić information content (AvgIpc) is 3.20. The van der Waals surface area contributed by atoms with E-state index in [9.17, 15) is 4.79 Å². The Kier molecular flexibility index (Phi) is 6.79. The second kappa shape index (κ2) is 10.1. The Bertz CT molecular complexity index is 1390. The van der Waals surface area contributed by atoms with Crippen LogP contribution in [-0.4, -0.2) is 51.8 Å². The van der Waals surface area contributed by atoms with E-state index in [1.54, 1.807) is 16.6 Å². The van der Waals surface area contributed by atoms with E-state index < -0.39 is 11.8 Å². The van der Waals surface area contributed by atoms with E-state index in [1.807, 2.05) is 24.3 Å². The minimum absolute atomic E-state index is 0.0677. The van der Waals surface area contributed by atoms with Gasteiger partial charge in [0.1, 0.15) is 17.7 Å². The van der Waals surface area contributed by atoms with Crippen molar-refractivity contribution >= 4 is 51.3 Å². The molecule has 11 heteroatoms. The lowest BCUT2D eigenvalue weighted by molar-refractivity contribution is 0.0334. The van der Waals surface area contributed by atoms with E-state index in [4.69, 9.17) is 10.5 Å². The number of morpholine rings is 1. The molecule has 0 saturated carbocycles. The number of nitrogens with one attached hydrogen (secondary N) is 2. The van der Waals surface area contributed by atoms with Gasteiger partial charge in [-0.1, -0.05) is 12.1 Å². The van der Waals surface area contributed by atoms with Crippen LogP contribution >= 0.6 is 22.6 Å². The largest absolute Gasteiger partial charge is 0.382 e. The predicted molar refractivity (Wildman–Crippen MR) is 141 cm³/mol. The number of ether oxygens (including phenoxy) is 1. The Labute approximate surface area is 214 Å². The SMILES string of the molecule is Nc1ncnn2c(CN3CCOCC3)cc(-c3ccc(NC(=O)Nc4cccc(I)c4)c(F)c3)c12. The lowest BCUT2D eigenvalue weighted by Gasteiger charge is -2.26. The summed E-state index contributed by atoms with van der Waals surface area (Å²) < 4.78 is 23.2. The fraction of sp³-hybridized carbons (Fsp3) is 0.208. The predicted octanol–water partition coefficient (Wildman–Crippen LogP) is 4.20. The third-order valence-corrected chi connectivity index (χ3v) is 6.43. The van der Waals surface area contributed by atoms with Crippen molar-refractivity contribution in [2.45, 2.75) is 6.54 Å². The smallest absolute Gasteiger partial charge is 0.323 e. The molecule has 0 radical (unpaired) electrons. The lowest BCUT2D eigenvalue weighted by atomic mass is 10.1. The molecule has 2 aromatic heterocycles. The molecule has 4 aromatic rings. The first-order chi connectivity index (χ1) is 17.0. The van der Waals surface area contributed by atoms with Gasteiger partial charge in [-0.15, -0.1) is 0 Å². The minimum Gasteiger partial charge on any atom is -0.382 e. The number of urea groups is 1. The molecule has 180 valence electrons. The molecule has 0 spiro atoms. The van der Waals surface area contributed by atoms with Gasteiger partial charge in [0.15, 0.2) is 5.82 Å². The molecule has 1 saturated heterocycles. The number of hydrogen-bond acceptors (Lipinski definition) is 6. The van der Waals surface area contributed by atoms with Crippen molar-refractivity contribution in [2.75, 3.05) is 42.7 Å². The minimum atomic E-state index is -0.565. The highest BCUT2D eigenvalue weighted by molar-refractivity contribution is 14.1. The number of nitrogens with zero attached hydrogens (tertiary/aromatic N) is 4. The fourth-order valence-electron chi connectivity index (χ4n) is 4.09. The van der Waals surface area contributed by atoms with Crippen LogP contribution in [0.15, 0.2) is 54.9 Å². The first-order valence-corrected chi connectivity index (χ1v) is 12.1. The zero-order valence-corrected chi connectivity index (χ0v) is 20.8. The number of halogens is 2. The van der Waals surface area contributed by atoms with Crippen LogP contribution in [0.1, 0.15) is 5.69 Å². The Balaban J connectivity index is 1.41. The van der Waals surface area contributed by atoms with E-state index >= 15 is 4.39 Å². The number of rotatable bonds is 5. The molecule has 9 nitrogen and oxygen atoms in total. The topological polar surface area (TPSA) is 110 Å². The van der Waals surface area contributed by atoms with Gasteiger partial charge in [0.05, 0.1) is 24.6 Å². The van der Waals surface area contributed by atoms with E-state index in [0.717, 1.165) is 27.9 Å². The highest BCUT2D eigenvalue weighted by atomic mass is 127. The number of nitrogens with two attached hydrogens (primary N) is 1. The Morgan fingerprint density at radius 3 is 2.74 bits per heavy atom. The normalized spacial score (nSPS) is 14.2. The molecule has 0 atom stereocenters. The molecule has 1 aliphatic heterocycles. The molecule has 0 unspecified atom stereocenters. The standard InChI is InChI=1S/C24H23FIN7O2/c25-20-10-15(4-5-21(20)31-24(34)30-17-3-1-2-16(26)11-17)19-12-18(13-32-6-8-35-9-7-32)33-22(19)23(27)28-14-29-33/h1-5,10-12,14H,6-9,13H2,(H2,27,28,29)(H2,30,31,34). The van der Waals surface area contributed by atoms with Gasteiger partial charge in [-0.2, -0.15) is 5.10 Å². The maximum atomic E-state index is 15.0. The number of carbonyl (C=O) groups is 1. The zero-order chi connectivity index (χ0) is 24.4. The van der Waals surface area contributed by atoms with Crippen LogP contribution in [-0.2, 0) is 11.3 Å². The Morgan fingerprint density at radius 2 is 1.97 bits per heavy atom. The van der Waals surface area contributed by atoms with Crippen molar-refractivity contribution in [3.8, 4) is 11.1 Å². The second-order valence-corrected chi connectivity index (χ2v) is 9.37. The van der Waals surface area contributed by atoms with Gasteiger partial charge >= 0.3 is 6.03 Å². The van der Waals surface area contributed by atoms with Crippen LogP contribution < -0.4 is 16.4 Å². The molecular formula is C24H23FIN7O2. The Hall–Kier alpha value is -3.29. The molecule has 5 rings (SSSR count). The van der Waals surface area contributed by atoms with Gasteiger partial charge in [0.25, 0.3) is 0 Å². The molecule has 2 aromatic carbocycles. The maximum Gasteiger partial charge on any atom is 0.323 e. The average molecular weight is 587 g/mol. The van der Waals surface area contributed by atoms with Gasteiger partial charge in [-0.25, -0.2) is 18.7 Å². The van der Waals surface area contributed by atoms with Crippen molar-refractivity contribution < 1.29 is 13.9 Å². The van der Waals surface area contributed by atoms with Crippen LogP contribution in [0, 0.1) is 9.39 Å². The van der Waals surface area contributed by atoms with Crippen molar-refractivity contribution in [3.63, 3.8) is 0 Å². The summed E-state index contributed by atoms with van der Waals surface area (Å²) in [6, 6.07) is 13.4. The summed E-state index contributed by atoms with van der Waals surface area (Å²) in [4.78, 5) is 18.8. The molecule has 2 amide bonds. The number of hydrogen-bond donors (Lipinski definition) is 3. The zero-order valence-electron chi connectivity index (χ0n) is 18.7. The first-order valence-electron chi connectivity index (χ1n) is 11.0. The van der Waals surface area contributed by atoms with Crippen molar-refractivity contribution in [2.24, 2.45) is 0 Å². The molecule has 1 aliphatic rings. The van der Waals surface area contributed by atoms with E-state index in [0.29, 0.717) is 42.3 Å². The van der Waals surface area contributed by atoms with Crippen molar-refractivity contribution in [1.29, 1.82) is 0 Å². The van der Waals surface area contributed by atoms with E-state index in [-0.39, 0.29) is 5.69 Å². The summed E-state index contributed by atoms with van der Waals surface area (Å²) in [5.41, 5.74) is 9.75.